The van der Waals surface area contributed by atoms with Crippen LogP contribution < -0.4 is 4.90 Å². The Balaban J connectivity index is 1.75. The van der Waals surface area contributed by atoms with Gasteiger partial charge >= 0.3 is 0 Å². The topological polar surface area (TPSA) is 89.8 Å². The Kier molecular flexibility index (Phi) is 2.79. The summed E-state index contributed by atoms with van der Waals surface area (Å²) in [6, 6.07) is 3.95. The Hall–Kier alpha value is -1.99. The molecule has 0 spiro atoms. The summed E-state index contributed by atoms with van der Waals surface area (Å²) >= 11 is 5.77. The van der Waals surface area contributed by atoms with Crippen LogP contribution in [0.25, 0.3) is 0 Å². The Bertz CT molecular complexity index is 693. The van der Waals surface area contributed by atoms with Crippen LogP contribution in [0.5, 0.6) is 0 Å². The third-order valence-electron chi connectivity index (χ3n) is 4.67. The van der Waals surface area contributed by atoms with Gasteiger partial charge in [-0.15, -0.1) is 0 Å². The number of hydrogen-bond donors (Lipinski definition) is 0. The third kappa shape index (κ3) is 1.66. The molecule has 4 atom stereocenters. The highest BCUT2D eigenvalue weighted by Gasteiger charge is 2.62. The molecule has 0 radical (unpaired) electrons. The number of imide groups is 1. The zero-order valence-corrected chi connectivity index (χ0v) is 12.0. The van der Waals surface area contributed by atoms with Crippen molar-refractivity contribution in [3.63, 3.8) is 0 Å². The van der Waals surface area contributed by atoms with Gasteiger partial charge in [0, 0.05) is 6.07 Å². The number of carbonyl (C=O) groups is 2. The largest absolute Gasteiger partial charge is 0.373 e. The number of rotatable bonds is 2. The first-order chi connectivity index (χ1) is 10.5. The highest BCUT2D eigenvalue weighted by molar-refractivity contribution is 6.33. The van der Waals surface area contributed by atoms with Gasteiger partial charge in [-0.05, 0) is 25.0 Å². The fourth-order valence-corrected chi connectivity index (χ4v) is 3.93. The van der Waals surface area contributed by atoms with E-state index in [1.807, 2.05) is 0 Å². The van der Waals surface area contributed by atoms with Crippen molar-refractivity contribution in [2.24, 2.45) is 11.8 Å². The molecule has 1 aromatic carbocycles. The summed E-state index contributed by atoms with van der Waals surface area (Å²) in [4.78, 5) is 36.5. The van der Waals surface area contributed by atoms with Gasteiger partial charge in [0.25, 0.3) is 5.69 Å². The molecule has 0 aliphatic carbocycles. The summed E-state index contributed by atoms with van der Waals surface area (Å²) in [7, 11) is 0. The van der Waals surface area contributed by atoms with E-state index in [1.165, 1.54) is 18.2 Å². The van der Waals surface area contributed by atoms with Gasteiger partial charge in [0.15, 0.2) is 0 Å². The Morgan fingerprint density at radius 3 is 2.32 bits per heavy atom. The molecule has 0 aromatic heterocycles. The van der Waals surface area contributed by atoms with Crippen LogP contribution in [0.2, 0.25) is 5.02 Å². The quantitative estimate of drug-likeness (QED) is 0.471. The summed E-state index contributed by atoms with van der Waals surface area (Å²) in [6.07, 6.45) is 1.14. The molecule has 0 N–H and O–H groups in total. The molecule has 1 aromatic rings. The number of anilines is 1. The minimum absolute atomic E-state index is 0.0311. The molecule has 0 saturated carbocycles. The lowest BCUT2D eigenvalue weighted by molar-refractivity contribution is -0.384. The van der Waals surface area contributed by atoms with Crippen LogP contribution in [0.15, 0.2) is 18.2 Å². The van der Waals surface area contributed by atoms with Gasteiger partial charge in [-0.2, -0.15) is 0 Å². The molecule has 2 bridgehead atoms. The number of nitro groups is 1. The fourth-order valence-electron chi connectivity index (χ4n) is 3.75. The summed E-state index contributed by atoms with van der Waals surface area (Å²) in [6.45, 7) is 0. The lowest BCUT2D eigenvalue weighted by Crippen LogP contribution is -2.34. The molecule has 4 rings (SSSR count). The predicted octanol–water partition coefficient (Wildman–Crippen LogP) is 1.91. The first-order valence-corrected chi connectivity index (χ1v) is 7.34. The molecular formula is C14H11ClN2O5. The Morgan fingerprint density at radius 1 is 1.18 bits per heavy atom. The van der Waals surface area contributed by atoms with E-state index in [-0.39, 0.29) is 40.4 Å². The van der Waals surface area contributed by atoms with Gasteiger partial charge in [-0.3, -0.25) is 19.7 Å². The number of nitrogens with zero attached hydrogens (tertiary/aromatic N) is 2. The molecular weight excluding hydrogens is 312 g/mol. The average molecular weight is 323 g/mol. The van der Waals surface area contributed by atoms with Crippen LogP contribution >= 0.6 is 11.6 Å². The maximum absolute atomic E-state index is 12.6. The number of hydrogen-bond acceptors (Lipinski definition) is 5. The molecule has 7 nitrogen and oxygen atoms in total. The van der Waals surface area contributed by atoms with Gasteiger partial charge in [0.2, 0.25) is 11.8 Å². The maximum atomic E-state index is 12.6. The smallest absolute Gasteiger partial charge is 0.289 e. The minimum atomic E-state index is -0.634. The lowest BCUT2D eigenvalue weighted by Gasteiger charge is -2.17. The standard InChI is InChI=1S/C14H11ClN2O5/c15-7-2-1-6(5-8(7)17(20)21)16-13(18)11-9-3-4-10(22-9)12(11)14(16)19/h1-2,5,9-12H,3-4H2. The number of benzene rings is 1. The van der Waals surface area contributed by atoms with E-state index in [9.17, 15) is 19.7 Å². The zero-order valence-electron chi connectivity index (χ0n) is 11.3. The predicted molar refractivity (Wildman–Crippen MR) is 75.5 cm³/mol. The average Bonchev–Trinajstić information content (AvgIpc) is 3.14. The van der Waals surface area contributed by atoms with E-state index in [0.29, 0.717) is 0 Å². The second-order valence-corrected chi connectivity index (χ2v) is 6.15. The number of halogens is 1. The Labute approximate surface area is 129 Å². The van der Waals surface area contributed by atoms with Crippen LogP contribution in [0.1, 0.15) is 12.8 Å². The highest BCUT2D eigenvalue weighted by atomic mass is 35.5. The normalized spacial score (nSPS) is 32.7. The van der Waals surface area contributed by atoms with E-state index in [2.05, 4.69) is 0 Å². The highest BCUT2D eigenvalue weighted by Crippen LogP contribution is 2.49. The van der Waals surface area contributed by atoms with Crippen molar-refractivity contribution in [3.8, 4) is 0 Å². The summed E-state index contributed by atoms with van der Waals surface area (Å²) in [5.74, 6) is -1.58. The van der Waals surface area contributed by atoms with Crippen molar-refractivity contribution in [1.29, 1.82) is 0 Å². The Morgan fingerprint density at radius 2 is 1.77 bits per heavy atom. The van der Waals surface area contributed by atoms with Crippen molar-refractivity contribution in [2.75, 3.05) is 4.90 Å². The molecule has 22 heavy (non-hydrogen) atoms. The number of fused-ring (bicyclic) bond motifs is 5. The van der Waals surface area contributed by atoms with Gasteiger partial charge in [-0.25, -0.2) is 4.90 Å². The third-order valence-corrected chi connectivity index (χ3v) is 4.99. The molecule has 114 valence electrons. The first kappa shape index (κ1) is 13.7. The van der Waals surface area contributed by atoms with Gasteiger partial charge < -0.3 is 4.74 Å². The van der Waals surface area contributed by atoms with Crippen LogP contribution in [0.4, 0.5) is 11.4 Å². The lowest BCUT2D eigenvalue weighted by atomic mass is 9.81. The summed E-state index contributed by atoms with van der Waals surface area (Å²) in [5, 5.41) is 10.9. The number of ether oxygens (including phenoxy) is 1. The molecule has 3 aliphatic rings. The first-order valence-electron chi connectivity index (χ1n) is 6.96. The van der Waals surface area contributed by atoms with Gasteiger partial charge in [0.05, 0.1) is 34.7 Å². The van der Waals surface area contributed by atoms with Crippen molar-refractivity contribution in [3.05, 3.63) is 33.3 Å². The maximum Gasteiger partial charge on any atom is 0.289 e. The van der Waals surface area contributed by atoms with E-state index in [1.54, 1.807) is 0 Å². The fraction of sp³-hybridized carbons (Fsp3) is 0.429. The van der Waals surface area contributed by atoms with Crippen LogP contribution in [-0.4, -0.2) is 28.9 Å². The van der Waals surface area contributed by atoms with E-state index < -0.39 is 16.8 Å². The van der Waals surface area contributed by atoms with Crippen LogP contribution in [0.3, 0.4) is 0 Å². The molecule has 4 unspecified atom stereocenters. The summed E-state index contributed by atoms with van der Waals surface area (Å²) < 4.78 is 5.65. The molecule has 3 aliphatic heterocycles. The number of carbonyl (C=O) groups excluding carboxylic acids is 2. The van der Waals surface area contributed by atoms with E-state index >= 15 is 0 Å². The van der Waals surface area contributed by atoms with Crippen molar-refractivity contribution in [2.45, 2.75) is 25.0 Å². The van der Waals surface area contributed by atoms with E-state index in [0.717, 1.165) is 17.7 Å². The zero-order chi connectivity index (χ0) is 15.6. The molecule has 3 fully saturated rings. The van der Waals surface area contributed by atoms with Gasteiger partial charge in [-0.1, -0.05) is 11.6 Å². The molecule has 3 saturated heterocycles. The second kappa shape index (κ2) is 4.50. The molecule has 2 amide bonds. The molecule has 8 heteroatoms. The SMILES string of the molecule is O=C1C2C3CCC(O3)C2C(=O)N1c1ccc(Cl)c([N+](=O)[O-])c1. The van der Waals surface area contributed by atoms with Crippen LogP contribution in [-0.2, 0) is 14.3 Å². The number of amides is 2. The second-order valence-electron chi connectivity index (χ2n) is 5.75. The van der Waals surface area contributed by atoms with Crippen molar-refractivity contribution < 1.29 is 19.2 Å². The molecule has 3 heterocycles. The minimum Gasteiger partial charge on any atom is -0.373 e. The van der Waals surface area contributed by atoms with Crippen molar-refractivity contribution in [1.82, 2.24) is 0 Å². The number of nitro benzene ring substituents is 1. The van der Waals surface area contributed by atoms with Gasteiger partial charge in [0.1, 0.15) is 5.02 Å². The summed E-state index contributed by atoms with van der Waals surface area (Å²) in [5.41, 5.74) is -0.129. The monoisotopic (exact) mass is 322 g/mol. The van der Waals surface area contributed by atoms with E-state index in [4.69, 9.17) is 16.3 Å². The van der Waals surface area contributed by atoms with Crippen LogP contribution in [0, 0.1) is 22.0 Å². The van der Waals surface area contributed by atoms with Crippen molar-refractivity contribution >= 4 is 34.8 Å².